The molecule has 0 atom stereocenters. The molecule has 0 aromatic heterocycles. The van der Waals surface area contributed by atoms with Crippen molar-refractivity contribution < 1.29 is 4.39 Å². The van der Waals surface area contributed by atoms with Gasteiger partial charge in [0.2, 0.25) is 0 Å². The molecule has 1 saturated carbocycles. The Morgan fingerprint density at radius 3 is 2.72 bits per heavy atom. The molecule has 0 unspecified atom stereocenters. The molecular formula is C14H19BrFNS. The van der Waals surface area contributed by atoms with Crippen LogP contribution in [0.2, 0.25) is 0 Å². The Balaban J connectivity index is 1.88. The standard InChI is InChI=1S/C14H19BrFNS/c1-18-14(6-2-3-7-14)10-17-9-11-4-5-12(15)8-13(11)16/h4-5,8,17H,2-3,6-7,9-10H2,1H3. The molecule has 100 valence electrons. The van der Waals surface area contributed by atoms with E-state index in [4.69, 9.17) is 0 Å². The topological polar surface area (TPSA) is 12.0 Å². The van der Waals surface area contributed by atoms with Crippen LogP contribution >= 0.6 is 27.7 Å². The Bertz CT molecular complexity index is 405. The van der Waals surface area contributed by atoms with E-state index in [1.807, 2.05) is 23.9 Å². The summed E-state index contributed by atoms with van der Waals surface area (Å²) in [7, 11) is 0. The summed E-state index contributed by atoms with van der Waals surface area (Å²) < 4.78 is 14.8. The van der Waals surface area contributed by atoms with Crippen molar-refractivity contribution in [1.82, 2.24) is 5.32 Å². The van der Waals surface area contributed by atoms with E-state index in [-0.39, 0.29) is 5.82 Å². The highest BCUT2D eigenvalue weighted by molar-refractivity contribution is 9.10. The number of halogens is 2. The van der Waals surface area contributed by atoms with E-state index in [0.717, 1.165) is 16.6 Å². The first-order chi connectivity index (χ1) is 8.65. The zero-order chi connectivity index (χ0) is 13.0. The van der Waals surface area contributed by atoms with Crippen LogP contribution in [0, 0.1) is 5.82 Å². The Morgan fingerprint density at radius 2 is 2.11 bits per heavy atom. The lowest BCUT2D eigenvalue weighted by atomic mass is 10.1. The van der Waals surface area contributed by atoms with Gasteiger partial charge in [0, 0.05) is 27.9 Å². The molecule has 18 heavy (non-hydrogen) atoms. The van der Waals surface area contributed by atoms with Crippen LogP contribution < -0.4 is 5.32 Å². The summed E-state index contributed by atoms with van der Waals surface area (Å²) in [5.41, 5.74) is 0.743. The smallest absolute Gasteiger partial charge is 0.128 e. The van der Waals surface area contributed by atoms with Gasteiger partial charge in [-0.3, -0.25) is 0 Å². The minimum absolute atomic E-state index is 0.138. The lowest BCUT2D eigenvalue weighted by molar-refractivity contribution is 0.521. The number of rotatable bonds is 5. The van der Waals surface area contributed by atoms with Crippen LogP contribution in [0.25, 0.3) is 0 Å². The maximum atomic E-state index is 13.7. The SMILES string of the molecule is CSC1(CNCc2ccc(Br)cc2F)CCCC1. The third-order valence-electron chi connectivity index (χ3n) is 3.73. The van der Waals surface area contributed by atoms with Crippen molar-refractivity contribution >= 4 is 27.7 Å². The van der Waals surface area contributed by atoms with E-state index >= 15 is 0 Å². The summed E-state index contributed by atoms with van der Waals surface area (Å²) in [5.74, 6) is -0.138. The third-order valence-corrected chi connectivity index (χ3v) is 5.64. The highest BCUT2D eigenvalue weighted by atomic mass is 79.9. The molecule has 1 aromatic rings. The van der Waals surface area contributed by atoms with Crippen molar-refractivity contribution in [1.29, 1.82) is 0 Å². The van der Waals surface area contributed by atoms with E-state index in [1.165, 1.54) is 31.7 Å². The molecule has 1 aliphatic rings. The van der Waals surface area contributed by atoms with Crippen LogP contribution in [0.1, 0.15) is 31.2 Å². The van der Waals surface area contributed by atoms with Crippen LogP contribution in [-0.2, 0) is 6.54 Å². The molecule has 0 bridgehead atoms. The van der Waals surface area contributed by atoms with E-state index in [0.29, 0.717) is 11.3 Å². The molecule has 0 spiro atoms. The zero-order valence-electron chi connectivity index (χ0n) is 10.6. The van der Waals surface area contributed by atoms with Gasteiger partial charge < -0.3 is 5.32 Å². The van der Waals surface area contributed by atoms with Crippen LogP contribution in [0.15, 0.2) is 22.7 Å². The summed E-state index contributed by atoms with van der Waals surface area (Å²) >= 11 is 5.23. The van der Waals surface area contributed by atoms with Gasteiger partial charge in [0.15, 0.2) is 0 Å². The molecule has 0 radical (unpaired) electrons. The maximum absolute atomic E-state index is 13.7. The van der Waals surface area contributed by atoms with Crippen molar-refractivity contribution in [2.75, 3.05) is 12.8 Å². The Morgan fingerprint density at radius 1 is 1.39 bits per heavy atom. The molecule has 0 amide bonds. The van der Waals surface area contributed by atoms with Crippen molar-refractivity contribution in [2.24, 2.45) is 0 Å². The maximum Gasteiger partial charge on any atom is 0.128 e. The number of hydrogen-bond donors (Lipinski definition) is 1. The van der Waals surface area contributed by atoms with E-state index in [1.54, 1.807) is 0 Å². The fourth-order valence-corrected chi connectivity index (χ4v) is 3.84. The van der Waals surface area contributed by atoms with Crippen molar-refractivity contribution in [3.05, 3.63) is 34.1 Å². The van der Waals surface area contributed by atoms with Gasteiger partial charge >= 0.3 is 0 Å². The average Bonchev–Trinajstić information content (AvgIpc) is 2.81. The second-order valence-corrected chi connectivity index (χ2v) is 7.12. The second kappa shape index (κ2) is 6.40. The zero-order valence-corrected chi connectivity index (χ0v) is 13.0. The molecule has 1 nitrogen and oxygen atoms in total. The van der Waals surface area contributed by atoms with Crippen molar-refractivity contribution in [3.63, 3.8) is 0 Å². The first kappa shape index (κ1) is 14.4. The van der Waals surface area contributed by atoms with E-state index in [9.17, 15) is 4.39 Å². The number of benzene rings is 1. The van der Waals surface area contributed by atoms with Crippen LogP contribution in [0.5, 0.6) is 0 Å². The highest BCUT2D eigenvalue weighted by Crippen LogP contribution is 2.39. The van der Waals surface area contributed by atoms with Gasteiger partial charge in [-0.05, 0) is 31.2 Å². The minimum Gasteiger partial charge on any atom is -0.311 e. The Labute approximate surface area is 121 Å². The quantitative estimate of drug-likeness (QED) is 0.860. The second-order valence-electron chi connectivity index (χ2n) is 4.93. The summed E-state index contributed by atoms with van der Waals surface area (Å²) in [6, 6.07) is 5.25. The number of thioether (sulfide) groups is 1. The van der Waals surface area contributed by atoms with Gasteiger partial charge in [-0.2, -0.15) is 11.8 Å². The average molecular weight is 332 g/mol. The number of nitrogens with one attached hydrogen (secondary N) is 1. The predicted molar refractivity (Wildman–Crippen MR) is 80.5 cm³/mol. The van der Waals surface area contributed by atoms with Gasteiger partial charge in [-0.1, -0.05) is 34.8 Å². The largest absolute Gasteiger partial charge is 0.311 e. The molecule has 1 N–H and O–H groups in total. The first-order valence-electron chi connectivity index (χ1n) is 6.35. The summed E-state index contributed by atoms with van der Waals surface area (Å²) in [6.07, 6.45) is 7.41. The molecular weight excluding hydrogens is 313 g/mol. The summed E-state index contributed by atoms with van der Waals surface area (Å²) in [6.45, 7) is 1.59. The van der Waals surface area contributed by atoms with Gasteiger partial charge in [0.05, 0.1) is 0 Å². The molecule has 0 saturated heterocycles. The molecule has 0 aliphatic heterocycles. The van der Waals surface area contributed by atoms with Gasteiger partial charge in [0.1, 0.15) is 5.82 Å². The Kier molecular flexibility index (Phi) is 5.10. The van der Waals surface area contributed by atoms with Crippen LogP contribution in [-0.4, -0.2) is 17.5 Å². The van der Waals surface area contributed by atoms with Crippen LogP contribution in [0.3, 0.4) is 0 Å². The van der Waals surface area contributed by atoms with Crippen molar-refractivity contribution in [3.8, 4) is 0 Å². The lowest BCUT2D eigenvalue weighted by Crippen LogP contribution is -2.34. The predicted octanol–water partition coefficient (Wildman–Crippen LogP) is 4.35. The van der Waals surface area contributed by atoms with Gasteiger partial charge in [0.25, 0.3) is 0 Å². The lowest BCUT2D eigenvalue weighted by Gasteiger charge is -2.27. The molecule has 1 aliphatic carbocycles. The molecule has 4 heteroatoms. The Hall–Kier alpha value is -0.0600. The molecule has 1 fully saturated rings. The van der Waals surface area contributed by atoms with Gasteiger partial charge in [-0.15, -0.1) is 0 Å². The molecule has 1 aromatic carbocycles. The van der Waals surface area contributed by atoms with E-state index in [2.05, 4.69) is 27.5 Å². The van der Waals surface area contributed by atoms with Crippen LogP contribution in [0.4, 0.5) is 4.39 Å². The minimum atomic E-state index is -0.138. The summed E-state index contributed by atoms with van der Waals surface area (Å²) in [5, 5.41) is 3.42. The summed E-state index contributed by atoms with van der Waals surface area (Å²) in [4.78, 5) is 0. The third kappa shape index (κ3) is 3.49. The molecule has 2 rings (SSSR count). The fraction of sp³-hybridized carbons (Fsp3) is 0.571. The monoisotopic (exact) mass is 331 g/mol. The number of hydrogen-bond acceptors (Lipinski definition) is 2. The highest BCUT2D eigenvalue weighted by Gasteiger charge is 2.32. The van der Waals surface area contributed by atoms with E-state index < -0.39 is 0 Å². The normalized spacial score (nSPS) is 18.2. The first-order valence-corrected chi connectivity index (χ1v) is 8.37. The van der Waals surface area contributed by atoms with Gasteiger partial charge in [-0.25, -0.2) is 4.39 Å². The fourth-order valence-electron chi connectivity index (χ4n) is 2.56. The van der Waals surface area contributed by atoms with Crippen molar-refractivity contribution in [2.45, 2.75) is 37.0 Å². The molecule has 0 heterocycles.